The van der Waals surface area contributed by atoms with Crippen molar-refractivity contribution in [1.82, 2.24) is 4.98 Å². The van der Waals surface area contributed by atoms with Gasteiger partial charge in [0.1, 0.15) is 0 Å². The highest BCUT2D eigenvalue weighted by Gasteiger charge is 2.13. The third-order valence-electron chi connectivity index (χ3n) is 1.72. The van der Waals surface area contributed by atoms with E-state index in [0.29, 0.717) is 5.75 Å². The molecule has 14 heavy (non-hydrogen) atoms. The highest BCUT2D eigenvalue weighted by atomic mass is 32.2. The van der Waals surface area contributed by atoms with Crippen LogP contribution < -0.4 is 0 Å². The minimum absolute atomic E-state index is 0.0907. The summed E-state index contributed by atoms with van der Waals surface area (Å²) in [5, 5.41) is 0.934. The molecule has 0 N–H and O–H groups in total. The van der Waals surface area contributed by atoms with Gasteiger partial charge in [0, 0.05) is 11.9 Å². The van der Waals surface area contributed by atoms with E-state index in [4.69, 9.17) is 0 Å². The predicted octanol–water partition coefficient (Wildman–Crippen LogP) is 1.98. The number of carbonyl (C=O) groups is 1. The maximum absolute atomic E-state index is 11.1. The summed E-state index contributed by atoms with van der Waals surface area (Å²) in [6.07, 6.45) is 1.74. The molecular weight excluding hydrogens is 198 g/mol. The molecule has 1 aromatic rings. The van der Waals surface area contributed by atoms with Crippen LogP contribution in [0.1, 0.15) is 6.92 Å². The number of carbonyl (C=O) groups excluding carboxylic acids is 1. The molecule has 0 fully saturated rings. The van der Waals surface area contributed by atoms with Crippen molar-refractivity contribution in [1.29, 1.82) is 0 Å². The first kappa shape index (κ1) is 11.0. The highest BCUT2D eigenvalue weighted by Crippen LogP contribution is 2.18. The number of pyridine rings is 1. The van der Waals surface area contributed by atoms with Gasteiger partial charge in [0.25, 0.3) is 0 Å². The second kappa shape index (κ2) is 5.65. The molecule has 0 radical (unpaired) electrons. The largest absolute Gasteiger partial charge is 0.469 e. The van der Waals surface area contributed by atoms with Crippen molar-refractivity contribution >= 4 is 17.7 Å². The van der Waals surface area contributed by atoms with Gasteiger partial charge in [0.2, 0.25) is 0 Å². The van der Waals surface area contributed by atoms with Crippen LogP contribution in [0.3, 0.4) is 0 Å². The summed E-state index contributed by atoms with van der Waals surface area (Å²) in [7, 11) is 1.41. The van der Waals surface area contributed by atoms with E-state index in [1.54, 1.807) is 18.0 Å². The lowest BCUT2D eigenvalue weighted by Gasteiger charge is -2.07. The summed E-state index contributed by atoms with van der Waals surface area (Å²) in [6, 6.07) is 5.72. The number of ether oxygens (including phenoxy) is 1. The van der Waals surface area contributed by atoms with Gasteiger partial charge in [-0.25, -0.2) is 4.98 Å². The summed E-state index contributed by atoms with van der Waals surface area (Å²) in [5.74, 6) is 0.435. The van der Waals surface area contributed by atoms with Crippen molar-refractivity contribution in [2.45, 2.75) is 11.9 Å². The molecule has 0 aliphatic heterocycles. The topological polar surface area (TPSA) is 39.2 Å². The maximum atomic E-state index is 11.1. The summed E-state index contributed by atoms with van der Waals surface area (Å²) in [4.78, 5) is 15.2. The fraction of sp³-hybridized carbons (Fsp3) is 0.400. The van der Waals surface area contributed by atoms with Gasteiger partial charge in [-0.3, -0.25) is 4.79 Å². The molecule has 0 aliphatic rings. The summed E-state index contributed by atoms with van der Waals surface area (Å²) in [5.41, 5.74) is 0. The molecule has 0 aromatic carbocycles. The van der Waals surface area contributed by atoms with Gasteiger partial charge in [0.15, 0.2) is 0 Å². The molecular formula is C10H13NO2S. The first-order chi connectivity index (χ1) is 6.74. The SMILES string of the molecule is COC(=O)[C@H](C)CSc1ccccn1. The number of methoxy groups -OCH3 is 1. The fourth-order valence-electron chi connectivity index (χ4n) is 0.912. The van der Waals surface area contributed by atoms with Gasteiger partial charge in [0.05, 0.1) is 18.1 Å². The van der Waals surface area contributed by atoms with Gasteiger partial charge in [-0.05, 0) is 12.1 Å². The van der Waals surface area contributed by atoms with Gasteiger partial charge in [-0.15, -0.1) is 11.8 Å². The molecule has 1 rings (SSSR count). The average molecular weight is 211 g/mol. The van der Waals surface area contributed by atoms with Gasteiger partial charge in [-0.2, -0.15) is 0 Å². The standard InChI is InChI=1S/C10H13NO2S/c1-8(10(12)13-2)7-14-9-5-3-4-6-11-9/h3-6,8H,7H2,1-2H3/t8-/m1/s1. The Morgan fingerprint density at radius 3 is 3.00 bits per heavy atom. The predicted molar refractivity (Wildman–Crippen MR) is 56.1 cm³/mol. The summed E-state index contributed by atoms with van der Waals surface area (Å²) >= 11 is 1.56. The zero-order chi connectivity index (χ0) is 10.4. The van der Waals surface area contributed by atoms with E-state index >= 15 is 0 Å². The number of rotatable bonds is 4. The van der Waals surface area contributed by atoms with Gasteiger partial charge >= 0.3 is 5.97 Å². The molecule has 0 saturated heterocycles. The maximum Gasteiger partial charge on any atom is 0.309 e. The number of hydrogen-bond acceptors (Lipinski definition) is 4. The van der Waals surface area contributed by atoms with E-state index in [9.17, 15) is 4.79 Å². The van der Waals surface area contributed by atoms with Crippen LogP contribution in [0.2, 0.25) is 0 Å². The van der Waals surface area contributed by atoms with Crippen LogP contribution in [0.15, 0.2) is 29.4 Å². The number of thioether (sulfide) groups is 1. The van der Waals surface area contributed by atoms with E-state index in [1.165, 1.54) is 7.11 Å². The zero-order valence-corrected chi connectivity index (χ0v) is 9.08. The molecule has 0 unspecified atom stereocenters. The number of hydrogen-bond donors (Lipinski definition) is 0. The smallest absolute Gasteiger partial charge is 0.309 e. The molecule has 0 bridgehead atoms. The van der Waals surface area contributed by atoms with Crippen molar-refractivity contribution in [3.63, 3.8) is 0 Å². The molecule has 0 amide bonds. The van der Waals surface area contributed by atoms with Crippen LogP contribution in [-0.2, 0) is 9.53 Å². The molecule has 1 aromatic heterocycles. The van der Waals surface area contributed by atoms with Crippen LogP contribution in [0, 0.1) is 5.92 Å². The Balaban J connectivity index is 2.38. The quantitative estimate of drug-likeness (QED) is 0.564. The first-order valence-electron chi connectivity index (χ1n) is 4.35. The van der Waals surface area contributed by atoms with Crippen LogP contribution in [-0.4, -0.2) is 23.8 Å². The highest BCUT2D eigenvalue weighted by molar-refractivity contribution is 7.99. The van der Waals surface area contributed by atoms with Crippen LogP contribution in [0.5, 0.6) is 0 Å². The molecule has 3 nitrogen and oxygen atoms in total. The number of esters is 1. The average Bonchev–Trinajstić information content (AvgIpc) is 2.26. The third kappa shape index (κ3) is 3.38. The van der Waals surface area contributed by atoms with E-state index in [-0.39, 0.29) is 11.9 Å². The Morgan fingerprint density at radius 2 is 2.43 bits per heavy atom. The molecule has 0 saturated carbocycles. The molecule has 4 heteroatoms. The Hall–Kier alpha value is -1.03. The second-order valence-electron chi connectivity index (χ2n) is 2.90. The van der Waals surface area contributed by atoms with E-state index in [0.717, 1.165) is 5.03 Å². The van der Waals surface area contributed by atoms with Crippen LogP contribution in [0.25, 0.3) is 0 Å². The minimum Gasteiger partial charge on any atom is -0.469 e. The fourth-order valence-corrected chi connectivity index (χ4v) is 1.78. The van der Waals surface area contributed by atoms with Gasteiger partial charge < -0.3 is 4.74 Å². The summed E-state index contributed by atoms with van der Waals surface area (Å²) < 4.78 is 4.63. The van der Waals surface area contributed by atoms with Crippen LogP contribution >= 0.6 is 11.8 Å². The van der Waals surface area contributed by atoms with E-state index < -0.39 is 0 Å². The minimum atomic E-state index is -0.173. The Bertz CT molecular complexity index is 289. The van der Waals surface area contributed by atoms with Crippen molar-refractivity contribution in [3.8, 4) is 0 Å². The Kier molecular flexibility index (Phi) is 4.46. The lowest BCUT2D eigenvalue weighted by Crippen LogP contribution is -2.14. The van der Waals surface area contributed by atoms with Crippen molar-refractivity contribution in [2.75, 3.05) is 12.9 Å². The lowest BCUT2D eigenvalue weighted by molar-refractivity contribution is -0.143. The van der Waals surface area contributed by atoms with E-state index in [1.807, 2.05) is 25.1 Å². The van der Waals surface area contributed by atoms with Crippen LogP contribution in [0.4, 0.5) is 0 Å². The Morgan fingerprint density at radius 1 is 1.64 bits per heavy atom. The van der Waals surface area contributed by atoms with Gasteiger partial charge in [-0.1, -0.05) is 13.0 Å². The molecule has 0 aliphatic carbocycles. The first-order valence-corrected chi connectivity index (χ1v) is 5.34. The number of nitrogens with zero attached hydrogens (tertiary/aromatic N) is 1. The molecule has 76 valence electrons. The van der Waals surface area contributed by atoms with Crippen molar-refractivity contribution in [3.05, 3.63) is 24.4 Å². The third-order valence-corrected chi connectivity index (χ3v) is 2.93. The normalized spacial score (nSPS) is 12.1. The monoisotopic (exact) mass is 211 g/mol. The lowest BCUT2D eigenvalue weighted by atomic mass is 10.2. The Labute approximate surface area is 87.9 Å². The molecule has 1 atom stereocenters. The molecule has 1 heterocycles. The van der Waals surface area contributed by atoms with Crippen molar-refractivity contribution < 1.29 is 9.53 Å². The summed E-state index contributed by atoms with van der Waals surface area (Å²) in [6.45, 7) is 1.85. The van der Waals surface area contributed by atoms with E-state index in [2.05, 4.69) is 9.72 Å². The number of aromatic nitrogens is 1. The zero-order valence-electron chi connectivity index (χ0n) is 8.27. The van der Waals surface area contributed by atoms with Crippen molar-refractivity contribution in [2.24, 2.45) is 5.92 Å². The molecule has 0 spiro atoms. The second-order valence-corrected chi connectivity index (χ2v) is 3.94.